The van der Waals surface area contributed by atoms with Gasteiger partial charge >= 0.3 is 0 Å². The van der Waals surface area contributed by atoms with Gasteiger partial charge in [-0.15, -0.1) is 0 Å². The quantitative estimate of drug-likeness (QED) is 0.740. The molecule has 0 radical (unpaired) electrons. The molecule has 0 saturated heterocycles. The molecule has 1 aromatic rings. The van der Waals surface area contributed by atoms with Crippen LogP contribution in [0.15, 0.2) is 18.2 Å². The lowest BCUT2D eigenvalue weighted by Gasteiger charge is -2.15. The van der Waals surface area contributed by atoms with Crippen molar-refractivity contribution in [3.8, 4) is 11.5 Å². The Kier molecular flexibility index (Phi) is 4.35. The molecule has 0 bridgehead atoms. The zero-order valence-electron chi connectivity index (χ0n) is 8.76. The number of fused-ring (bicyclic) bond motifs is 1. The van der Waals surface area contributed by atoms with Crippen molar-refractivity contribution in [2.75, 3.05) is 6.79 Å². The van der Waals surface area contributed by atoms with Crippen LogP contribution in [0.25, 0.3) is 0 Å². The standard InChI is InChI=1S/C11H10BrCl3O2/c12-8(5-11(13,14)15)3-7-1-2-9-10(4-7)17-6-16-9/h1-2,4,8H,3,5-6H2. The minimum absolute atomic E-state index is 0.107. The summed E-state index contributed by atoms with van der Waals surface area (Å²) < 4.78 is 9.32. The van der Waals surface area contributed by atoms with Crippen LogP contribution in [0.3, 0.4) is 0 Å². The van der Waals surface area contributed by atoms with Crippen molar-refractivity contribution in [3.63, 3.8) is 0 Å². The van der Waals surface area contributed by atoms with Gasteiger partial charge in [0.15, 0.2) is 15.3 Å². The van der Waals surface area contributed by atoms with Gasteiger partial charge in [0.2, 0.25) is 6.79 Å². The number of hydrogen-bond donors (Lipinski definition) is 0. The number of ether oxygens (including phenoxy) is 2. The van der Waals surface area contributed by atoms with E-state index in [1.54, 1.807) is 0 Å². The molecule has 2 rings (SSSR count). The second-order valence-electron chi connectivity index (χ2n) is 3.81. The monoisotopic (exact) mass is 358 g/mol. The zero-order valence-corrected chi connectivity index (χ0v) is 12.6. The third kappa shape index (κ3) is 4.09. The van der Waals surface area contributed by atoms with Gasteiger partial charge in [-0.25, -0.2) is 0 Å². The largest absolute Gasteiger partial charge is 0.454 e. The highest BCUT2D eigenvalue weighted by Crippen LogP contribution is 2.36. The van der Waals surface area contributed by atoms with Crippen LogP contribution in [0.4, 0.5) is 0 Å². The van der Waals surface area contributed by atoms with Crippen molar-refractivity contribution < 1.29 is 9.47 Å². The summed E-state index contributed by atoms with van der Waals surface area (Å²) in [4.78, 5) is 0.107. The van der Waals surface area contributed by atoms with Gasteiger partial charge in [-0.3, -0.25) is 0 Å². The molecule has 0 amide bonds. The van der Waals surface area contributed by atoms with Gasteiger partial charge in [0.1, 0.15) is 0 Å². The molecule has 6 heteroatoms. The van der Waals surface area contributed by atoms with Crippen LogP contribution in [0.1, 0.15) is 12.0 Å². The average molecular weight is 360 g/mol. The summed E-state index contributed by atoms with van der Waals surface area (Å²) in [5.41, 5.74) is 1.12. The van der Waals surface area contributed by atoms with E-state index in [0.29, 0.717) is 6.42 Å². The van der Waals surface area contributed by atoms with Crippen LogP contribution < -0.4 is 9.47 Å². The van der Waals surface area contributed by atoms with Crippen molar-refractivity contribution in [2.45, 2.75) is 21.5 Å². The van der Waals surface area contributed by atoms with E-state index in [0.717, 1.165) is 23.5 Å². The van der Waals surface area contributed by atoms with Crippen LogP contribution in [0.5, 0.6) is 11.5 Å². The Morgan fingerprint density at radius 2 is 1.94 bits per heavy atom. The first-order valence-electron chi connectivity index (χ1n) is 5.03. The Morgan fingerprint density at radius 1 is 1.24 bits per heavy atom. The SMILES string of the molecule is ClC(Cl)(Cl)CC(Br)Cc1ccc2c(c1)OCO2. The lowest BCUT2D eigenvalue weighted by atomic mass is 10.1. The molecule has 0 N–H and O–H groups in total. The Balaban J connectivity index is 1.99. The van der Waals surface area contributed by atoms with Crippen molar-refractivity contribution in [1.29, 1.82) is 0 Å². The fourth-order valence-electron chi connectivity index (χ4n) is 1.65. The molecule has 1 aromatic carbocycles. The Morgan fingerprint density at radius 3 is 2.65 bits per heavy atom. The molecule has 1 atom stereocenters. The molecule has 94 valence electrons. The van der Waals surface area contributed by atoms with Gasteiger partial charge in [0.25, 0.3) is 0 Å². The van der Waals surface area contributed by atoms with Crippen LogP contribution in [-0.2, 0) is 6.42 Å². The summed E-state index contributed by atoms with van der Waals surface area (Å²) in [5.74, 6) is 1.55. The second-order valence-corrected chi connectivity index (χ2v) is 7.62. The van der Waals surface area contributed by atoms with E-state index < -0.39 is 3.79 Å². The highest BCUT2D eigenvalue weighted by molar-refractivity contribution is 9.09. The minimum Gasteiger partial charge on any atom is -0.454 e. The number of alkyl halides is 4. The molecule has 2 nitrogen and oxygen atoms in total. The fraction of sp³-hybridized carbons (Fsp3) is 0.455. The first-order chi connectivity index (χ1) is 7.94. The molecule has 1 aliphatic rings. The summed E-state index contributed by atoms with van der Waals surface area (Å²) in [6.45, 7) is 0.282. The highest BCUT2D eigenvalue weighted by Gasteiger charge is 2.24. The second kappa shape index (κ2) is 5.43. The number of hydrogen-bond acceptors (Lipinski definition) is 2. The van der Waals surface area contributed by atoms with Gasteiger partial charge in [-0.05, 0) is 24.1 Å². The minimum atomic E-state index is -1.23. The van der Waals surface area contributed by atoms with Gasteiger partial charge in [-0.1, -0.05) is 56.8 Å². The van der Waals surface area contributed by atoms with Crippen molar-refractivity contribution in [3.05, 3.63) is 23.8 Å². The van der Waals surface area contributed by atoms with E-state index in [9.17, 15) is 0 Å². The summed E-state index contributed by atoms with van der Waals surface area (Å²) in [6, 6.07) is 5.84. The topological polar surface area (TPSA) is 18.5 Å². The van der Waals surface area contributed by atoms with E-state index in [1.807, 2.05) is 18.2 Å². The maximum atomic E-state index is 5.74. The summed E-state index contributed by atoms with van der Waals surface area (Å²) in [7, 11) is 0. The lowest BCUT2D eigenvalue weighted by Crippen LogP contribution is -2.13. The Hall–Kier alpha value is 0.170. The maximum Gasteiger partial charge on any atom is 0.231 e. The van der Waals surface area contributed by atoms with Crippen molar-refractivity contribution in [1.82, 2.24) is 0 Å². The number of halogens is 4. The van der Waals surface area contributed by atoms with Crippen LogP contribution >= 0.6 is 50.7 Å². The van der Waals surface area contributed by atoms with Gasteiger partial charge < -0.3 is 9.47 Å². The number of benzene rings is 1. The van der Waals surface area contributed by atoms with Gasteiger partial charge in [-0.2, -0.15) is 0 Å². The normalized spacial score (nSPS) is 16.0. The molecule has 1 heterocycles. The predicted octanol–water partition coefficient (Wildman–Crippen LogP) is 4.48. The molecule has 0 saturated carbocycles. The van der Waals surface area contributed by atoms with Gasteiger partial charge in [0.05, 0.1) is 0 Å². The molecule has 0 fully saturated rings. The van der Waals surface area contributed by atoms with Gasteiger partial charge in [0, 0.05) is 11.2 Å². The molecule has 0 spiro atoms. The first-order valence-corrected chi connectivity index (χ1v) is 7.08. The Bertz CT molecular complexity index is 406. The zero-order chi connectivity index (χ0) is 12.5. The third-order valence-electron chi connectivity index (χ3n) is 2.35. The fourth-order valence-corrected chi connectivity index (χ4v) is 3.62. The smallest absolute Gasteiger partial charge is 0.231 e. The van der Waals surface area contributed by atoms with E-state index in [2.05, 4.69) is 15.9 Å². The van der Waals surface area contributed by atoms with Crippen LogP contribution in [0.2, 0.25) is 0 Å². The lowest BCUT2D eigenvalue weighted by molar-refractivity contribution is 0.174. The molecular weight excluding hydrogens is 350 g/mol. The molecule has 1 unspecified atom stereocenters. The summed E-state index contributed by atoms with van der Waals surface area (Å²) in [5, 5.41) is 0. The first kappa shape index (κ1) is 13.6. The molecular formula is C11H10BrCl3O2. The maximum absolute atomic E-state index is 5.74. The van der Waals surface area contributed by atoms with E-state index in [-0.39, 0.29) is 11.6 Å². The third-order valence-corrected chi connectivity index (χ3v) is 3.46. The summed E-state index contributed by atoms with van der Waals surface area (Å²) in [6.07, 6.45) is 1.22. The van der Waals surface area contributed by atoms with E-state index in [1.165, 1.54) is 0 Å². The van der Waals surface area contributed by atoms with E-state index >= 15 is 0 Å². The predicted molar refractivity (Wildman–Crippen MR) is 73.9 cm³/mol. The Labute approximate surface area is 123 Å². The summed E-state index contributed by atoms with van der Waals surface area (Å²) >= 11 is 20.7. The molecule has 1 aliphatic heterocycles. The van der Waals surface area contributed by atoms with Crippen molar-refractivity contribution >= 4 is 50.7 Å². The number of rotatable bonds is 3. The highest BCUT2D eigenvalue weighted by atomic mass is 79.9. The molecule has 0 aromatic heterocycles. The molecule has 17 heavy (non-hydrogen) atoms. The van der Waals surface area contributed by atoms with Crippen LogP contribution in [-0.4, -0.2) is 15.4 Å². The van der Waals surface area contributed by atoms with Crippen molar-refractivity contribution in [2.24, 2.45) is 0 Å². The average Bonchev–Trinajstić information content (AvgIpc) is 2.61. The van der Waals surface area contributed by atoms with Crippen LogP contribution in [0, 0.1) is 0 Å². The van der Waals surface area contributed by atoms with E-state index in [4.69, 9.17) is 44.3 Å². The molecule has 0 aliphatic carbocycles.